The highest BCUT2D eigenvalue weighted by atomic mass is 19.1. The highest BCUT2D eigenvalue weighted by Crippen LogP contribution is 2.42. The second kappa shape index (κ2) is 8.80. The number of aromatic nitrogens is 2. The molecule has 2 fully saturated rings. The lowest BCUT2D eigenvalue weighted by Crippen LogP contribution is -2.44. The van der Waals surface area contributed by atoms with Gasteiger partial charge in [0.05, 0.1) is 17.7 Å². The normalized spacial score (nSPS) is 21.4. The van der Waals surface area contributed by atoms with E-state index in [4.69, 9.17) is 0 Å². The molecule has 1 aliphatic carbocycles. The maximum absolute atomic E-state index is 13.6. The summed E-state index contributed by atoms with van der Waals surface area (Å²) in [5.74, 6) is -0.235. The first kappa shape index (κ1) is 21.2. The van der Waals surface area contributed by atoms with Crippen LogP contribution in [0, 0.1) is 5.82 Å². The van der Waals surface area contributed by atoms with Gasteiger partial charge < -0.3 is 24.6 Å². The minimum atomic E-state index is -0.235. The molecule has 2 aliphatic heterocycles. The molecule has 6 nitrogen and oxygen atoms in total. The summed E-state index contributed by atoms with van der Waals surface area (Å²) in [5.41, 5.74) is 5.26. The highest BCUT2D eigenvalue weighted by molar-refractivity contribution is 5.65. The molecular weight excluding hydrogens is 427 g/mol. The third-order valence-corrected chi connectivity index (χ3v) is 7.50. The molecule has 0 amide bonds. The van der Waals surface area contributed by atoms with Crippen LogP contribution in [-0.2, 0) is 0 Å². The minimum absolute atomic E-state index is 0.0117. The van der Waals surface area contributed by atoms with Gasteiger partial charge in [-0.25, -0.2) is 9.37 Å². The Morgan fingerprint density at radius 1 is 0.882 bits per heavy atom. The number of anilines is 2. The summed E-state index contributed by atoms with van der Waals surface area (Å²) < 4.78 is 13.6. The summed E-state index contributed by atoms with van der Waals surface area (Å²) in [6.07, 6.45) is 9.83. The lowest BCUT2D eigenvalue weighted by atomic mass is 9.91. The molecule has 176 valence electrons. The van der Waals surface area contributed by atoms with Gasteiger partial charge in [0.2, 0.25) is 0 Å². The average molecular weight is 459 g/mol. The fourth-order valence-electron chi connectivity index (χ4n) is 5.22. The molecule has 1 saturated heterocycles. The Kier molecular flexibility index (Phi) is 5.49. The van der Waals surface area contributed by atoms with Gasteiger partial charge in [0.25, 0.3) is 0 Å². The number of imidazole rings is 1. The van der Waals surface area contributed by atoms with Crippen molar-refractivity contribution in [3.05, 3.63) is 78.8 Å². The molecule has 2 aromatic carbocycles. The van der Waals surface area contributed by atoms with Crippen molar-refractivity contribution in [1.82, 2.24) is 19.8 Å². The predicted octanol–water partition coefficient (Wildman–Crippen LogP) is 4.81. The zero-order valence-corrected chi connectivity index (χ0v) is 19.6. The van der Waals surface area contributed by atoms with E-state index in [1.807, 2.05) is 0 Å². The maximum Gasteiger partial charge on any atom is 0.149 e. The van der Waals surface area contributed by atoms with Gasteiger partial charge in [0, 0.05) is 61.6 Å². The first-order chi connectivity index (χ1) is 16.7. The second-order valence-electron chi connectivity index (χ2n) is 9.59. The van der Waals surface area contributed by atoms with Gasteiger partial charge in [-0.15, -0.1) is 0 Å². The number of H-pyrrole nitrogens is 1. The quantitative estimate of drug-likeness (QED) is 0.594. The van der Waals surface area contributed by atoms with Crippen molar-refractivity contribution in [2.75, 3.05) is 43.0 Å². The first-order valence-corrected chi connectivity index (χ1v) is 12.2. The molecule has 1 aromatic heterocycles. The molecule has 3 aromatic rings. The van der Waals surface area contributed by atoms with Crippen LogP contribution < -0.4 is 9.80 Å². The number of piperazine rings is 1. The van der Waals surface area contributed by atoms with E-state index in [0.717, 1.165) is 48.8 Å². The van der Waals surface area contributed by atoms with E-state index < -0.39 is 0 Å². The van der Waals surface area contributed by atoms with Gasteiger partial charge in [-0.3, -0.25) is 0 Å². The van der Waals surface area contributed by atoms with Crippen LogP contribution in [0.5, 0.6) is 0 Å². The van der Waals surface area contributed by atoms with Crippen molar-refractivity contribution in [3.8, 4) is 11.3 Å². The highest BCUT2D eigenvalue weighted by Gasteiger charge is 2.38. The van der Waals surface area contributed by atoms with E-state index in [2.05, 4.69) is 73.3 Å². The van der Waals surface area contributed by atoms with E-state index in [9.17, 15) is 4.39 Å². The van der Waals surface area contributed by atoms with E-state index in [-0.39, 0.29) is 12.0 Å². The summed E-state index contributed by atoms with van der Waals surface area (Å²) in [6, 6.07) is 16.1. The largest absolute Gasteiger partial charge is 0.369 e. The number of nitrogens with zero attached hydrogens (tertiary/aromatic N) is 5. The average Bonchev–Trinajstić information content (AvgIpc) is 3.46. The Bertz CT molecular complexity index is 1140. The third kappa shape index (κ3) is 3.84. The first-order valence-electron chi connectivity index (χ1n) is 12.2. The van der Waals surface area contributed by atoms with Crippen LogP contribution >= 0.6 is 0 Å². The zero-order chi connectivity index (χ0) is 23.1. The van der Waals surface area contributed by atoms with Gasteiger partial charge in [0.15, 0.2) is 0 Å². The standard InChI is InChI=1S/C27H31FN6/c1-31-13-15-32(16-14-31)22-9-11-24(12-10-22)34-18-17-33(23-3-2-4-23)27(34)26-25(29-19-30-26)20-5-7-21(28)8-6-20/h5-12,17-19,23,27H,2-4,13-16H2,1H3,(H,29,30). The molecule has 3 heterocycles. The molecule has 1 saturated carbocycles. The monoisotopic (exact) mass is 458 g/mol. The fraction of sp³-hybridized carbons (Fsp3) is 0.370. The number of hydrogen-bond acceptors (Lipinski definition) is 5. The minimum Gasteiger partial charge on any atom is -0.369 e. The molecule has 1 N–H and O–H groups in total. The number of benzene rings is 2. The summed E-state index contributed by atoms with van der Waals surface area (Å²) >= 11 is 0. The second-order valence-corrected chi connectivity index (χ2v) is 9.59. The van der Waals surface area contributed by atoms with Crippen LogP contribution in [0.4, 0.5) is 15.8 Å². The van der Waals surface area contributed by atoms with Crippen LogP contribution in [0.25, 0.3) is 11.3 Å². The molecule has 1 unspecified atom stereocenters. The van der Waals surface area contributed by atoms with Crippen LogP contribution in [0.2, 0.25) is 0 Å². The van der Waals surface area contributed by atoms with E-state index in [1.54, 1.807) is 18.5 Å². The maximum atomic E-state index is 13.6. The van der Waals surface area contributed by atoms with Crippen LogP contribution in [0.15, 0.2) is 67.3 Å². The number of rotatable bonds is 5. The molecule has 1 atom stereocenters. The lowest BCUT2D eigenvalue weighted by Gasteiger charge is -2.41. The van der Waals surface area contributed by atoms with E-state index in [0.29, 0.717) is 6.04 Å². The molecule has 7 heteroatoms. The van der Waals surface area contributed by atoms with Crippen molar-refractivity contribution in [2.45, 2.75) is 31.5 Å². The Morgan fingerprint density at radius 3 is 2.26 bits per heavy atom. The Hall–Kier alpha value is -3.32. The van der Waals surface area contributed by atoms with Gasteiger partial charge >= 0.3 is 0 Å². The van der Waals surface area contributed by atoms with Gasteiger partial charge in [-0.2, -0.15) is 0 Å². The van der Waals surface area contributed by atoms with Crippen LogP contribution in [-0.4, -0.2) is 59.0 Å². The smallest absolute Gasteiger partial charge is 0.149 e. The van der Waals surface area contributed by atoms with Crippen molar-refractivity contribution < 1.29 is 4.39 Å². The molecule has 3 aliphatic rings. The molecule has 0 bridgehead atoms. The molecule has 6 rings (SSSR count). The number of nitrogens with one attached hydrogen (secondary N) is 1. The van der Waals surface area contributed by atoms with Gasteiger partial charge in [-0.05, 0) is 74.8 Å². The summed E-state index contributed by atoms with van der Waals surface area (Å²) in [5, 5.41) is 0. The number of likely N-dealkylation sites (N-methyl/N-ethyl adjacent to an activating group) is 1. The number of aromatic amines is 1. The van der Waals surface area contributed by atoms with Crippen molar-refractivity contribution in [1.29, 1.82) is 0 Å². The van der Waals surface area contributed by atoms with Crippen LogP contribution in [0.3, 0.4) is 0 Å². The Morgan fingerprint density at radius 2 is 1.59 bits per heavy atom. The van der Waals surface area contributed by atoms with E-state index >= 15 is 0 Å². The van der Waals surface area contributed by atoms with Gasteiger partial charge in [-0.1, -0.05) is 0 Å². The summed E-state index contributed by atoms with van der Waals surface area (Å²) in [4.78, 5) is 17.7. The van der Waals surface area contributed by atoms with Crippen molar-refractivity contribution in [2.24, 2.45) is 0 Å². The lowest BCUT2D eigenvalue weighted by molar-refractivity contribution is 0.147. The molecule has 0 spiro atoms. The summed E-state index contributed by atoms with van der Waals surface area (Å²) in [7, 11) is 2.18. The third-order valence-electron chi connectivity index (χ3n) is 7.50. The molecule has 0 radical (unpaired) electrons. The van der Waals surface area contributed by atoms with Crippen molar-refractivity contribution >= 4 is 11.4 Å². The zero-order valence-electron chi connectivity index (χ0n) is 19.6. The summed E-state index contributed by atoms with van der Waals surface area (Å²) in [6.45, 7) is 4.32. The SMILES string of the molecule is CN1CCN(c2ccc(N3C=CN(C4CCC4)C3c3[nH]cnc3-c3ccc(F)cc3)cc2)CC1. The predicted molar refractivity (Wildman–Crippen MR) is 134 cm³/mol. The number of hydrogen-bond donors (Lipinski definition) is 1. The Balaban J connectivity index is 1.31. The fourth-order valence-corrected chi connectivity index (χ4v) is 5.22. The van der Waals surface area contributed by atoms with Gasteiger partial charge in [0.1, 0.15) is 12.0 Å². The molecule has 34 heavy (non-hydrogen) atoms. The Labute approximate surface area is 200 Å². The van der Waals surface area contributed by atoms with Crippen LogP contribution in [0.1, 0.15) is 31.1 Å². The topological polar surface area (TPSA) is 41.6 Å². The molecular formula is C27H31FN6. The van der Waals surface area contributed by atoms with E-state index in [1.165, 1.54) is 37.1 Å². The number of halogens is 1. The van der Waals surface area contributed by atoms with Crippen molar-refractivity contribution in [3.63, 3.8) is 0 Å².